The SMILES string of the molecule is Cc1ccc(C(NC(=O)Cc2ccc(OCc3nc(C)no3)cc2)c2ccccc2)cc1. The van der Waals surface area contributed by atoms with Crippen LogP contribution in [0.25, 0.3) is 0 Å². The lowest BCUT2D eigenvalue weighted by Gasteiger charge is -2.20. The van der Waals surface area contributed by atoms with Crippen LogP contribution in [0.4, 0.5) is 0 Å². The monoisotopic (exact) mass is 427 g/mol. The highest BCUT2D eigenvalue weighted by Crippen LogP contribution is 2.23. The molecule has 1 atom stereocenters. The maximum absolute atomic E-state index is 12.9. The van der Waals surface area contributed by atoms with E-state index in [2.05, 4.69) is 46.6 Å². The van der Waals surface area contributed by atoms with Crippen molar-refractivity contribution in [2.24, 2.45) is 0 Å². The van der Waals surface area contributed by atoms with Crippen LogP contribution < -0.4 is 10.1 Å². The van der Waals surface area contributed by atoms with Crippen LogP contribution in [0, 0.1) is 13.8 Å². The first-order valence-electron chi connectivity index (χ1n) is 10.5. The molecule has 0 radical (unpaired) electrons. The molecule has 6 nitrogen and oxygen atoms in total. The molecule has 3 aromatic carbocycles. The molecule has 1 heterocycles. The van der Waals surface area contributed by atoms with Gasteiger partial charge in [0, 0.05) is 0 Å². The lowest BCUT2D eigenvalue weighted by molar-refractivity contribution is -0.120. The number of nitrogens with one attached hydrogen (secondary N) is 1. The molecule has 1 unspecified atom stereocenters. The average molecular weight is 428 g/mol. The Kier molecular flexibility index (Phi) is 6.60. The van der Waals surface area contributed by atoms with Gasteiger partial charge in [-0.1, -0.05) is 77.5 Å². The molecule has 0 aliphatic carbocycles. The third-order valence-corrected chi connectivity index (χ3v) is 5.07. The molecule has 0 bridgehead atoms. The van der Waals surface area contributed by atoms with E-state index >= 15 is 0 Å². The molecule has 0 saturated carbocycles. The summed E-state index contributed by atoms with van der Waals surface area (Å²) < 4.78 is 10.7. The summed E-state index contributed by atoms with van der Waals surface area (Å²) in [5, 5.41) is 6.92. The number of rotatable bonds is 8. The Labute approximate surface area is 187 Å². The van der Waals surface area contributed by atoms with E-state index in [1.807, 2.05) is 54.6 Å². The molecular formula is C26H25N3O3. The Balaban J connectivity index is 1.40. The Bertz CT molecular complexity index is 1150. The van der Waals surface area contributed by atoms with E-state index in [1.54, 1.807) is 6.92 Å². The van der Waals surface area contributed by atoms with Crippen molar-refractivity contribution in [2.75, 3.05) is 0 Å². The third kappa shape index (κ3) is 5.60. The van der Waals surface area contributed by atoms with Gasteiger partial charge in [0.25, 0.3) is 5.89 Å². The van der Waals surface area contributed by atoms with Gasteiger partial charge in [-0.05, 0) is 42.7 Å². The first-order valence-corrected chi connectivity index (χ1v) is 10.5. The van der Waals surface area contributed by atoms with Crippen molar-refractivity contribution in [3.05, 3.63) is 113 Å². The largest absolute Gasteiger partial charge is 0.484 e. The minimum Gasteiger partial charge on any atom is -0.484 e. The van der Waals surface area contributed by atoms with E-state index in [0.717, 1.165) is 16.7 Å². The second-order valence-electron chi connectivity index (χ2n) is 7.67. The van der Waals surface area contributed by atoms with Gasteiger partial charge < -0.3 is 14.6 Å². The fourth-order valence-corrected chi connectivity index (χ4v) is 3.41. The second-order valence-corrected chi connectivity index (χ2v) is 7.67. The highest BCUT2D eigenvalue weighted by atomic mass is 16.5. The van der Waals surface area contributed by atoms with Crippen LogP contribution in [0.15, 0.2) is 83.4 Å². The average Bonchev–Trinajstić information content (AvgIpc) is 3.23. The molecule has 6 heteroatoms. The maximum Gasteiger partial charge on any atom is 0.264 e. The van der Waals surface area contributed by atoms with Gasteiger partial charge in [0.05, 0.1) is 12.5 Å². The molecule has 162 valence electrons. The van der Waals surface area contributed by atoms with Crippen LogP contribution in [0.2, 0.25) is 0 Å². The number of ether oxygens (including phenoxy) is 1. The van der Waals surface area contributed by atoms with Gasteiger partial charge >= 0.3 is 0 Å². The fraction of sp³-hybridized carbons (Fsp3) is 0.192. The molecule has 4 rings (SSSR count). The highest BCUT2D eigenvalue weighted by molar-refractivity contribution is 5.79. The van der Waals surface area contributed by atoms with Crippen LogP contribution in [0.1, 0.15) is 40.0 Å². The van der Waals surface area contributed by atoms with Crippen molar-refractivity contribution in [3.8, 4) is 5.75 Å². The molecule has 1 amide bonds. The van der Waals surface area contributed by atoms with Crippen LogP contribution >= 0.6 is 0 Å². The Hall–Kier alpha value is -3.93. The van der Waals surface area contributed by atoms with Crippen LogP contribution in [-0.2, 0) is 17.8 Å². The second kappa shape index (κ2) is 9.92. The third-order valence-electron chi connectivity index (χ3n) is 5.07. The fourth-order valence-electron chi connectivity index (χ4n) is 3.41. The van der Waals surface area contributed by atoms with Gasteiger partial charge in [-0.25, -0.2) is 0 Å². The number of carbonyl (C=O) groups is 1. The number of nitrogens with zero attached hydrogens (tertiary/aromatic N) is 2. The minimum atomic E-state index is -0.204. The molecule has 0 fully saturated rings. The molecule has 4 aromatic rings. The van der Waals surface area contributed by atoms with E-state index in [-0.39, 0.29) is 25.0 Å². The number of carbonyl (C=O) groups excluding carboxylic acids is 1. The van der Waals surface area contributed by atoms with Crippen LogP contribution in [0.5, 0.6) is 5.75 Å². The van der Waals surface area contributed by atoms with Gasteiger partial charge in [0.15, 0.2) is 12.4 Å². The van der Waals surface area contributed by atoms with Gasteiger partial charge in [-0.3, -0.25) is 4.79 Å². The summed E-state index contributed by atoms with van der Waals surface area (Å²) in [6, 6.07) is 25.5. The number of hydrogen-bond acceptors (Lipinski definition) is 5. The maximum atomic E-state index is 12.9. The number of aryl methyl sites for hydroxylation is 2. The normalized spacial score (nSPS) is 11.7. The zero-order valence-corrected chi connectivity index (χ0v) is 18.1. The smallest absolute Gasteiger partial charge is 0.264 e. The summed E-state index contributed by atoms with van der Waals surface area (Å²) in [6.45, 7) is 4.01. The predicted octanol–water partition coefficient (Wildman–Crippen LogP) is 4.71. The lowest BCUT2D eigenvalue weighted by atomic mass is 9.97. The number of benzene rings is 3. The molecule has 1 aromatic heterocycles. The minimum absolute atomic E-state index is 0.0468. The molecule has 32 heavy (non-hydrogen) atoms. The standard InChI is InChI=1S/C26H25N3O3/c1-18-8-12-22(13-9-18)26(21-6-4-3-5-7-21)28-24(30)16-20-10-14-23(15-11-20)31-17-25-27-19(2)29-32-25/h3-15,26H,16-17H2,1-2H3,(H,28,30). The number of aromatic nitrogens is 2. The van der Waals surface area contributed by atoms with Gasteiger partial charge in [0.1, 0.15) is 5.75 Å². The van der Waals surface area contributed by atoms with Gasteiger partial charge in [-0.2, -0.15) is 4.98 Å². The molecule has 0 spiro atoms. The van der Waals surface area contributed by atoms with Crippen molar-refractivity contribution in [1.29, 1.82) is 0 Å². The zero-order chi connectivity index (χ0) is 22.3. The topological polar surface area (TPSA) is 77.2 Å². The molecule has 1 N–H and O–H groups in total. The van der Waals surface area contributed by atoms with Gasteiger partial charge in [-0.15, -0.1) is 0 Å². The van der Waals surface area contributed by atoms with E-state index in [4.69, 9.17) is 9.26 Å². The summed E-state index contributed by atoms with van der Waals surface area (Å²) in [7, 11) is 0. The number of amides is 1. The van der Waals surface area contributed by atoms with Crippen molar-refractivity contribution >= 4 is 5.91 Å². The van der Waals surface area contributed by atoms with Crippen molar-refractivity contribution in [1.82, 2.24) is 15.5 Å². The van der Waals surface area contributed by atoms with Crippen molar-refractivity contribution in [3.63, 3.8) is 0 Å². The first-order chi connectivity index (χ1) is 15.6. The molecule has 0 aliphatic heterocycles. The summed E-state index contributed by atoms with van der Waals surface area (Å²) in [5.41, 5.74) is 4.18. The van der Waals surface area contributed by atoms with Crippen LogP contribution in [0.3, 0.4) is 0 Å². The van der Waals surface area contributed by atoms with E-state index in [9.17, 15) is 4.79 Å². The zero-order valence-electron chi connectivity index (χ0n) is 18.1. The van der Waals surface area contributed by atoms with Crippen molar-refractivity contribution in [2.45, 2.75) is 32.9 Å². The van der Waals surface area contributed by atoms with Crippen molar-refractivity contribution < 1.29 is 14.1 Å². The summed E-state index contributed by atoms with van der Waals surface area (Å²) in [4.78, 5) is 17.0. The quantitative estimate of drug-likeness (QED) is 0.441. The Morgan fingerprint density at radius 3 is 2.28 bits per heavy atom. The summed E-state index contributed by atoms with van der Waals surface area (Å²) in [5.74, 6) is 1.62. The molecular weight excluding hydrogens is 402 g/mol. The Morgan fingerprint density at radius 1 is 0.938 bits per heavy atom. The lowest BCUT2D eigenvalue weighted by Crippen LogP contribution is -2.30. The van der Waals surface area contributed by atoms with Gasteiger partial charge in [0.2, 0.25) is 5.91 Å². The van der Waals surface area contributed by atoms with Crippen LogP contribution in [-0.4, -0.2) is 16.0 Å². The molecule has 0 aliphatic rings. The Morgan fingerprint density at radius 2 is 1.62 bits per heavy atom. The predicted molar refractivity (Wildman–Crippen MR) is 121 cm³/mol. The van der Waals surface area contributed by atoms with E-state index < -0.39 is 0 Å². The summed E-state index contributed by atoms with van der Waals surface area (Å²) in [6.07, 6.45) is 0.276. The first kappa shape index (κ1) is 21.3. The summed E-state index contributed by atoms with van der Waals surface area (Å²) >= 11 is 0. The van der Waals surface area contributed by atoms with E-state index in [0.29, 0.717) is 17.5 Å². The number of hydrogen-bond donors (Lipinski definition) is 1. The van der Waals surface area contributed by atoms with E-state index in [1.165, 1.54) is 5.56 Å². The molecule has 0 saturated heterocycles. The highest BCUT2D eigenvalue weighted by Gasteiger charge is 2.17.